The van der Waals surface area contributed by atoms with Crippen LogP contribution in [0.5, 0.6) is 5.88 Å². The number of fused-ring (bicyclic) bond motifs is 4. The molecule has 44 nitrogen and oxygen atoms in total. The highest BCUT2D eigenvalue weighted by molar-refractivity contribution is 8.44. The number of thiol groups is 2. The molecule has 2 aliphatic heterocycles. The second-order valence-electron chi connectivity index (χ2n) is 29.1. The Bertz CT molecular complexity index is 4170. The van der Waals surface area contributed by atoms with Gasteiger partial charge in [-0.2, -0.15) is 4.98 Å². The van der Waals surface area contributed by atoms with E-state index < -0.39 is 110 Å². The number of nitrogens with zero attached hydrogens (tertiary/aromatic N) is 6. The Kier molecular flexibility index (Phi) is 50.7. The van der Waals surface area contributed by atoms with Crippen molar-refractivity contribution in [2.24, 2.45) is 17.6 Å². The number of hydrogen-bond acceptors (Lipinski definition) is 37. The monoisotopic (exact) mass is 1890 g/mol. The summed E-state index contributed by atoms with van der Waals surface area (Å²) in [4.78, 5) is 101. The molecule has 0 unspecified atom stereocenters. The number of H-pyrrole nitrogens is 1. The van der Waals surface area contributed by atoms with Gasteiger partial charge in [0.05, 0.1) is 237 Å². The molecular weight excluding hydrogens is 1770 g/mol. The van der Waals surface area contributed by atoms with E-state index in [9.17, 15) is 43.0 Å². The van der Waals surface area contributed by atoms with Crippen molar-refractivity contribution in [1.29, 1.82) is 0 Å². The van der Waals surface area contributed by atoms with Gasteiger partial charge in [0.15, 0.2) is 17.4 Å². The van der Waals surface area contributed by atoms with Crippen molar-refractivity contribution in [2.75, 3.05) is 249 Å². The smallest absolute Gasteiger partial charge is 0.410 e. The molecule has 0 spiro atoms. The number of aromatic amines is 1. The maximum absolute atomic E-state index is 14.1. The van der Waals surface area contributed by atoms with Crippen LogP contribution in [-0.2, 0) is 140 Å². The molecule has 2 saturated heterocycles. The van der Waals surface area contributed by atoms with Crippen LogP contribution >= 0.6 is 38.1 Å². The largest absolute Gasteiger partial charge is 0.474 e. The van der Waals surface area contributed by atoms with E-state index in [1.54, 1.807) is 62.4 Å². The summed E-state index contributed by atoms with van der Waals surface area (Å²) in [5.41, 5.74) is 5.54. The number of aromatic nitrogens is 6. The van der Waals surface area contributed by atoms with E-state index in [2.05, 4.69) is 70.7 Å². The molecule has 11 atom stereocenters. The van der Waals surface area contributed by atoms with Gasteiger partial charge in [-0.05, 0) is 48.6 Å². The summed E-state index contributed by atoms with van der Waals surface area (Å²) in [5, 5.41) is 22.4. The van der Waals surface area contributed by atoms with Crippen molar-refractivity contribution in [3.05, 3.63) is 100 Å². The lowest BCUT2D eigenvalue weighted by atomic mass is 10.0. The SMILES string of the molecule is CC(C)[C@H](NC(=O)CCOCCOCCOCCOCCOCCOCCOCCOCCOCCOCCOCCOCCOCCOCCOCCOCCN)C(=O)N[C@@H](C)C(=O)Nc1ccc(COC(=O)N(C)Cc2ccccc2C(=O)Nc2nc3c(ncn3[C@@H]3O[C@@H]4CO[P@@](=O)(S)O[C@H]5C[C@H](Oc6ccncn6)C[C@@H]5CO[P@@](=O)(S)O[C@@H]3[C@@H]4O)c(=O)[nH]2)cc1. The number of benzene rings is 2. The summed E-state index contributed by atoms with van der Waals surface area (Å²) in [6.45, 7) is 9.54. The lowest BCUT2D eigenvalue weighted by Gasteiger charge is -2.26. The van der Waals surface area contributed by atoms with E-state index >= 15 is 0 Å². The molecule has 1 aliphatic carbocycles. The molecular formula is C80H124N12O32P2S2. The fraction of sp³-hybridized carbons (Fsp3) is 0.675. The van der Waals surface area contributed by atoms with Crippen LogP contribution in [0.15, 0.2) is 78.2 Å². The van der Waals surface area contributed by atoms with Gasteiger partial charge < -0.3 is 126 Å². The van der Waals surface area contributed by atoms with Gasteiger partial charge in [0.25, 0.3) is 11.5 Å². The minimum Gasteiger partial charge on any atom is -0.474 e. The molecule has 128 heavy (non-hydrogen) atoms. The van der Waals surface area contributed by atoms with Crippen molar-refractivity contribution in [3.63, 3.8) is 0 Å². The van der Waals surface area contributed by atoms with Gasteiger partial charge in [-0.1, -0.05) is 68.7 Å². The summed E-state index contributed by atoms with van der Waals surface area (Å²) >= 11 is 8.45. The molecule has 48 heteroatoms. The van der Waals surface area contributed by atoms with Gasteiger partial charge in [-0.25, -0.2) is 28.9 Å². The van der Waals surface area contributed by atoms with E-state index in [-0.39, 0.29) is 93.3 Å². The number of ether oxygens (including phenoxy) is 19. The minimum absolute atomic E-state index is 0.0201. The number of imidazole rings is 1. The molecule has 718 valence electrons. The highest BCUT2D eigenvalue weighted by Crippen LogP contribution is 2.60. The number of nitrogens with two attached hydrogens (primary N) is 1. The van der Waals surface area contributed by atoms with E-state index in [1.807, 2.05) is 0 Å². The number of amides is 5. The standard InChI is InChI=1S/C80H124N12O32P2S2/c1-57(2)69(87-67(93)14-17-102-19-21-104-23-25-106-27-29-108-31-33-110-35-37-112-39-41-114-43-45-116-47-48-117-46-44-115-42-40-113-38-36-111-34-32-109-30-28-107-26-24-105-22-20-103-18-15-81)76(97)85-58(3)74(95)86-62-11-9-59(10-12-62)52-118-80(99)91(4)51-60-7-5-6-8-64(60)75(96)89-79-88-73-70(77(98)90-79)84-56-92(73)78-72-71(94)66(122-78)54-120-125(100,127)123-65-50-63(121-68-13-16-82-55-83-68)49-61(65)53-119-126(101,128)124-72/h5-13,16,55-58,61,63,65-66,69,71-72,78,94H,14-15,17-54,81H2,1-4H3,(H,85,97)(H,86,95)(H,87,93)(H,100,127)(H,101,128)(H2,88,89,90,96,98)/t58-,61+,63+,65-,66+,69-,71+,72+,78+,125+,126+/m0/s1. The highest BCUT2D eigenvalue weighted by atomic mass is 32.7. The Morgan fingerprint density at radius 2 is 1.09 bits per heavy atom. The molecule has 5 amide bonds. The second-order valence-corrected chi connectivity index (χ2v) is 34.9. The Balaban J connectivity index is 0.595. The van der Waals surface area contributed by atoms with Crippen molar-refractivity contribution >= 4 is 90.6 Å². The summed E-state index contributed by atoms with van der Waals surface area (Å²) < 4.78 is 158. The van der Waals surface area contributed by atoms with Gasteiger partial charge in [0.2, 0.25) is 29.5 Å². The Morgan fingerprint density at radius 1 is 0.602 bits per heavy atom. The van der Waals surface area contributed by atoms with E-state index in [0.29, 0.717) is 215 Å². The van der Waals surface area contributed by atoms with Gasteiger partial charge in [-0.15, -0.1) is 0 Å². The number of carbonyl (C=O) groups excluding carboxylic acids is 5. The second kappa shape index (κ2) is 61.0. The molecule has 3 aliphatic rings. The van der Waals surface area contributed by atoms with E-state index in [0.717, 1.165) is 6.33 Å². The van der Waals surface area contributed by atoms with Gasteiger partial charge in [0, 0.05) is 62.4 Å². The maximum Gasteiger partial charge on any atom is 0.410 e. The predicted octanol–water partition coefficient (Wildman–Crippen LogP) is 4.14. The average Bonchev–Trinajstić information content (AvgIpc) is 1.60. The molecule has 3 fully saturated rings. The zero-order valence-electron chi connectivity index (χ0n) is 72.6. The quantitative estimate of drug-likeness (QED) is 0.0150. The molecule has 0 radical (unpaired) electrons. The number of aliphatic hydroxyl groups excluding tert-OH is 1. The van der Waals surface area contributed by atoms with Crippen LogP contribution < -0.4 is 37.3 Å². The van der Waals surface area contributed by atoms with Crippen molar-refractivity contribution in [1.82, 2.24) is 45.0 Å². The first-order valence-electron chi connectivity index (χ1n) is 42.3. The first kappa shape index (κ1) is 106. The first-order chi connectivity index (χ1) is 62.1. The summed E-state index contributed by atoms with van der Waals surface area (Å²) in [5.74, 6) is -3.23. The lowest BCUT2D eigenvalue weighted by molar-refractivity contribution is -0.132. The van der Waals surface area contributed by atoms with E-state index in [1.165, 1.54) is 42.0 Å². The third-order valence-corrected chi connectivity index (χ3v) is 22.2. The van der Waals surface area contributed by atoms with Crippen LogP contribution in [0.4, 0.5) is 16.4 Å². The molecule has 3 aromatic heterocycles. The van der Waals surface area contributed by atoms with Crippen LogP contribution in [0.25, 0.3) is 11.2 Å². The summed E-state index contributed by atoms with van der Waals surface area (Å²) in [6.07, 6.45) is -3.69. The third-order valence-electron chi connectivity index (χ3n) is 19.0. The van der Waals surface area contributed by atoms with Gasteiger partial charge in [-0.3, -0.25) is 52.4 Å². The maximum atomic E-state index is 14.1. The van der Waals surface area contributed by atoms with E-state index in [4.69, 9.17) is 114 Å². The summed E-state index contributed by atoms with van der Waals surface area (Å²) in [6, 6.07) is 12.4. The Morgan fingerprint density at radius 3 is 1.59 bits per heavy atom. The fourth-order valence-electron chi connectivity index (χ4n) is 12.4. The normalized spacial score (nSPS) is 20.5. The van der Waals surface area contributed by atoms with Crippen molar-refractivity contribution in [3.8, 4) is 5.88 Å². The van der Waals surface area contributed by atoms with Crippen LogP contribution in [0, 0.1) is 11.8 Å². The topological polar surface area (TPSA) is 519 Å². The molecule has 8 N–H and O–H groups in total. The number of hydrogen-bond donors (Lipinski definition) is 9. The van der Waals surface area contributed by atoms with Crippen molar-refractivity contribution < 1.29 is 146 Å². The number of rotatable bonds is 65. The zero-order valence-corrected chi connectivity index (χ0v) is 76.2. The van der Waals surface area contributed by atoms with Gasteiger partial charge in [0.1, 0.15) is 49.4 Å². The zero-order chi connectivity index (χ0) is 91.4. The van der Waals surface area contributed by atoms with Crippen LogP contribution in [0.2, 0.25) is 0 Å². The molecule has 2 bridgehead atoms. The van der Waals surface area contributed by atoms with Crippen LogP contribution in [0.3, 0.4) is 0 Å². The van der Waals surface area contributed by atoms with Crippen LogP contribution in [-0.4, -0.2) is 350 Å². The fourth-order valence-corrected chi connectivity index (χ4v) is 15.5. The van der Waals surface area contributed by atoms with Crippen LogP contribution in [0.1, 0.15) is 67.7 Å². The highest BCUT2D eigenvalue weighted by Gasteiger charge is 2.51. The van der Waals surface area contributed by atoms with Gasteiger partial charge >= 0.3 is 19.7 Å². The Labute approximate surface area is 753 Å². The molecule has 5 heterocycles. The first-order valence-corrected chi connectivity index (χ1v) is 47.7. The number of aliphatic hydroxyl groups is 1. The Hall–Kier alpha value is -6.94. The molecule has 5 aromatic rings. The minimum atomic E-state index is -4.39. The number of nitrogens with one attached hydrogen (secondary N) is 5. The lowest BCUT2D eigenvalue weighted by Crippen LogP contribution is -2.53. The molecule has 1 saturated carbocycles. The average molecular weight is 1890 g/mol. The predicted molar refractivity (Wildman–Crippen MR) is 464 cm³/mol. The number of carbonyl (C=O) groups is 5. The van der Waals surface area contributed by atoms with Crippen molar-refractivity contribution in [2.45, 2.75) is 102 Å². The third kappa shape index (κ3) is 41.1. The molecule has 8 rings (SSSR count). The summed E-state index contributed by atoms with van der Waals surface area (Å²) in [7, 11) is 1.46. The number of anilines is 2. The molecule has 2 aromatic carbocycles.